The zero-order valence-electron chi connectivity index (χ0n) is 12.6. The van der Waals surface area contributed by atoms with E-state index in [1.54, 1.807) is 18.5 Å². The van der Waals surface area contributed by atoms with Gasteiger partial charge >= 0.3 is 0 Å². The lowest BCUT2D eigenvalue weighted by Gasteiger charge is -2.05. The average Bonchev–Trinajstić information content (AvgIpc) is 3.00. The van der Waals surface area contributed by atoms with Crippen molar-refractivity contribution in [3.63, 3.8) is 0 Å². The lowest BCUT2D eigenvalue weighted by atomic mass is 10.2. The predicted octanol–water partition coefficient (Wildman–Crippen LogP) is 3.49. The first-order valence-corrected chi connectivity index (χ1v) is 7.83. The number of hydrogen-bond acceptors (Lipinski definition) is 3. The highest BCUT2D eigenvalue weighted by Gasteiger charge is 2.12. The van der Waals surface area contributed by atoms with Crippen molar-refractivity contribution in [1.82, 2.24) is 19.5 Å². The molecular weight excluding hydrogens is 324 g/mol. The summed E-state index contributed by atoms with van der Waals surface area (Å²) in [7, 11) is 0. The Hall–Kier alpha value is -2.92. The van der Waals surface area contributed by atoms with Gasteiger partial charge in [0.05, 0.1) is 6.33 Å². The number of aromatic nitrogens is 4. The van der Waals surface area contributed by atoms with Crippen molar-refractivity contribution in [2.45, 2.75) is 6.54 Å². The number of nitrogens with one attached hydrogen (secondary N) is 1. The van der Waals surface area contributed by atoms with E-state index >= 15 is 0 Å². The van der Waals surface area contributed by atoms with Gasteiger partial charge in [0.2, 0.25) is 0 Å². The van der Waals surface area contributed by atoms with Gasteiger partial charge < -0.3 is 9.55 Å². The molecule has 1 N–H and O–H groups in total. The van der Waals surface area contributed by atoms with Gasteiger partial charge in [0.15, 0.2) is 11.2 Å². The molecular formula is C18H13ClN4O. The van der Waals surface area contributed by atoms with E-state index in [4.69, 9.17) is 11.6 Å². The third-order valence-electron chi connectivity index (χ3n) is 3.80. The molecule has 0 bridgehead atoms. The van der Waals surface area contributed by atoms with Crippen molar-refractivity contribution < 1.29 is 0 Å². The van der Waals surface area contributed by atoms with Gasteiger partial charge in [-0.15, -0.1) is 0 Å². The Labute approximate surface area is 142 Å². The molecule has 4 rings (SSSR count). The van der Waals surface area contributed by atoms with Gasteiger partial charge in [-0.05, 0) is 29.8 Å². The van der Waals surface area contributed by atoms with Crippen LogP contribution in [0.2, 0.25) is 5.02 Å². The largest absolute Gasteiger partial charge is 0.320 e. The SMILES string of the molecule is O=c1[nH]c(-c2ccc(Cl)cc2)nc2ncn(Cc3ccccc3)c12. The Kier molecular flexibility index (Phi) is 3.63. The van der Waals surface area contributed by atoms with Crippen molar-refractivity contribution in [3.05, 3.63) is 81.9 Å². The number of nitrogens with zero attached hydrogens (tertiary/aromatic N) is 3. The van der Waals surface area contributed by atoms with Crippen LogP contribution in [-0.2, 0) is 6.54 Å². The molecule has 0 atom stereocenters. The zero-order valence-corrected chi connectivity index (χ0v) is 13.4. The minimum atomic E-state index is -0.210. The molecule has 0 radical (unpaired) electrons. The van der Waals surface area contributed by atoms with E-state index in [1.165, 1.54) is 0 Å². The number of benzene rings is 2. The maximum Gasteiger partial charge on any atom is 0.277 e. The standard InChI is InChI=1S/C18H13ClN4O/c19-14-8-6-13(7-9-14)16-21-17-15(18(24)22-16)23(11-20-17)10-12-4-2-1-3-5-12/h1-9,11H,10H2,(H,21,22,24). The highest BCUT2D eigenvalue weighted by Crippen LogP contribution is 2.18. The maximum absolute atomic E-state index is 12.5. The molecule has 0 aliphatic heterocycles. The fourth-order valence-electron chi connectivity index (χ4n) is 2.63. The van der Waals surface area contributed by atoms with Crippen LogP contribution in [0.1, 0.15) is 5.56 Å². The maximum atomic E-state index is 12.5. The van der Waals surface area contributed by atoms with Crippen LogP contribution in [0.25, 0.3) is 22.6 Å². The summed E-state index contributed by atoms with van der Waals surface area (Å²) in [6, 6.07) is 17.1. The number of H-pyrrole nitrogens is 1. The second kappa shape index (κ2) is 5.94. The molecule has 0 amide bonds. The molecule has 0 spiro atoms. The summed E-state index contributed by atoms with van der Waals surface area (Å²) < 4.78 is 1.81. The number of hydrogen-bond donors (Lipinski definition) is 1. The van der Waals surface area contributed by atoms with Crippen LogP contribution in [0.15, 0.2) is 65.7 Å². The molecule has 0 aliphatic carbocycles. The summed E-state index contributed by atoms with van der Waals surface area (Å²) in [4.78, 5) is 24.1. The number of halogens is 1. The van der Waals surface area contributed by atoms with Crippen LogP contribution in [0.4, 0.5) is 0 Å². The molecule has 2 aromatic heterocycles. The molecule has 0 saturated carbocycles. The summed E-state index contributed by atoms with van der Waals surface area (Å²) >= 11 is 5.90. The highest BCUT2D eigenvalue weighted by molar-refractivity contribution is 6.30. The Balaban J connectivity index is 1.78. The third-order valence-corrected chi connectivity index (χ3v) is 4.05. The minimum absolute atomic E-state index is 0.210. The summed E-state index contributed by atoms with van der Waals surface area (Å²) in [6.07, 6.45) is 1.64. The molecule has 4 aromatic rings. The van der Waals surface area contributed by atoms with Gasteiger partial charge in [-0.1, -0.05) is 41.9 Å². The van der Waals surface area contributed by atoms with Crippen LogP contribution in [0.3, 0.4) is 0 Å². The summed E-state index contributed by atoms with van der Waals surface area (Å²) in [5.41, 5.74) is 2.57. The van der Waals surface area contributed by atoms with Gasteiger partial charge in [-0.25, -0.2) is 9.97 Å². The molecule has 0 saturated heterocycles. The van der Waals surface area contributed by atoms with Crippen LogP contribution in [-0.4, -0.2) is 19.5 Å². The van der Waals surface area contributed by atoms with Gasteiger partial charge in [0.1, 0.15) is 5.82 Å². The van der Waals surface area contributed by atoms with Crippen LogP contribution >= 0.6 is 11.6 Å². The molecule has 2 aromatic carbocycles. The molecule has 2 heterocycles. The number of fused-ring (bicyclic) bond motifs is 1. The van der Waals surface area contributed by atoms with Gasteiger partial charge in [-0.3, -0.25) is 4.79 Å². The highest BCUT2D eigenvalue weighted by atomic mass is 35.5. The van der Waals surface area contributed by atoms with E-state index in [1.807, 2.05) is 47.0 Å². The Bertz CT molecular complexity index is 1050. The van der Waals surface area contributed by atoms with E-state index in [9.17, 15) is 4.79 Å². The van der Waals surface area contributed by atoms with Crippen LogP contribution in [0.5, 0.6) is 0 Å². The summed E-state index contributed by atoms with van der Waals surface area (Å²) in [5, 5.41) is 0.634. The molecule has 6 heteroatoms. The van der Waals surface area contributed by atoms with E-state index in [0.717, 1.165) is 11.1 Å². The van der Waals surface area contributed by atoms with Gasteiger partial charge in [0, 0.05) is 17.1 Å². The van der Waals surface area contributed by atoms with E-state index in [0.29, 0.717) is 28.6 Å². The first-order chi connectivity index (χ1) is 11.7. The average molecular weight is 337 g/mol. The predicted molar refractivity (Wildman–Crippen MR) is 94.1 cm³/mol. The second-order valence-corrected chi connectivity index (χ2v) is 5.89. The first-order valence-electron chi connectivity index (χ1n) is 7.46. The van der Waals surface area contributed by atoms with E-state index < -0.39 is 0 Å². The molecule has 0 aliphatic rings. The Morgan fingerprint density at radius 3 is 2.54 bits per heavy atom. The van der Waals surface area contributed by atoms with Crippen molar-refractivity contribution >= 4 is 22.8 Å². The molecule has 24 heavy (non-hydrogen) atoms. The molecule has 118 valence electrons. The molecule has 0 fully saturated rings. The molecule has 0 unspecified atom stereocenters. The van der Waals surface area contributed by atoms with E-state index in [2.05, 4.69) is 15.0 Å². The Morgan fingerprint density at radius 2 is 1.79 bits per heavy atom. The summed E-state index contributed by atoms with van der Waals surface area (Å²) in [5.74, 6) is 0.481. The van der Waals surface area contributed by atoms with Crippen LogP contribution < -0.4 is 5.56 Å². The lowest BCUT2D eigenvalue weighted by Crippen LogP contribution is -2.13. The normalized spacial score (nSPS) is 11.0. The van der Waals surface area contributed by atoms with E-state index in [-0.39, 0.29) is 5.56 Å². The van der Waals surface area contributed by atoms with Crippen molar-refractivity contribution in [2.24, 2.45) is 0 Å². The summed E-state index contributed by atoms with van der Waals surface area (Å²) in [6.45, 7) is 0.572. The monoisotopic (exact) mass is 336 g/mol. The number of imidazole rings is 1. The van der Waals surface area contributed by atoms with Crippen molar-refractivity contribution in [3.8, 4) is 11.4 Å². The Morgan fingerprint density at radius 1 is 1.04 bits per heavy atom. The van der Waals surface area contributed by atoms with Gasteiger partial charge in [-0.2, -0.15) is 0 Å². The number of aromatic amines is 1. The van der Waals surface area contributed by atoms with Crippen LogP contribution in [0, 0.1) is 0 Å². The smallest absolute Gasteiger partial charge is 0.277 e. The quantitative estimate of drug-likeness (QED) is 0.623. The van der Waals surface area contributed by atoms with Crippen molar-refractivity contribution in [1.29, 1.82) is 0 Å². The van der Waals surface area contributed by atoms with Gasteiger partial charge in [0.25, 0.3) is 5.56 Å². The fourth-order valence-corrected chi connectivity index (χ4v) is 2.76. The second-order valence-electron chi connectivity index (χ2n) is 5.45. The zero-order chi connectivity index (χ0) is 16.5. The minimum Gasteiger partial charge on any atom is -0.320 e. The lowest BCUT2D eigenvalue weighted by molar-refractivity contribution is 0.819. The topological polar surface area (TPSA) is 63.6 Å². The fraction of sp³-hybridized carbons (Fsp3) is 0.0556. The number of rotatable bonds is 3. The third kappa shape index (κ3) is 2.70. The van der Waals surface area contributed by atoms with Crippen molar-refractivity contribution in [2.75, 3.05) is 0 Å². The first kappa shape index (κ1) is 14.7. The molecule has 5 nitrogen and oxygen atoms in total.